The second kappa shape index (κ2) is 8.37. The molecule has 0 bridgehead atoms. The molecule has 94 valence electrons. The van der Waals surface area contributed by atoms with E-state index >= 15 is 0 Å². The maximum absolute atomic E-state index is 3.50. The van der Waals surface area contributed by atoms with Crippen LogP contribution in [0.3, 0.4) is 0 Å². The summed E-state index contributed by atoms with van der Waals surface area (Å²) in [5, 5.41) is 3.50. The lowest BCUT2D eigenvalue weighted by Crippen LogP contribution is -2.38. The summed E-state index contributed by atoms with van der Waals surface area (Å²) in [5.41, 5.74) is 0.398. The van der Waals surface area contributed by atoms with Crippen molar-refractivity contribution < 1.29 is 0 Å². The third-order valence-corrected chi connectivity index (χ3v) is 2.37. The van der Waals surface area contributed by atoms with Crippen LogP contribution in [0, 0.1) is 5.41 Å². The van der Waals surface area contributed by atoms with Crippen LogP contribution in [0.1, 0.15) is 41.5 Å². The summed E-state index contributed by atoms with van der Waals surface area (Å²) >= 11 is 0. The van der Waals surface area contributed by atoms with Gasteiger partial charge in [-0.1, -0.05) is 27.7 Å². The molecule has 0 amide bonds. The standard InChI is InChI=1S/C12H28N2.ClH/c1-7-14(11(2)3)9-8-13-10-12(4,5)6;/h11,13H,7-10H2,1-6H3;1H. The van der Waals surface area contributed by atoms with Crippen LogP contribution < -0.4 is 5.32 Å². The van der Waals surface area contributed by atoms with Gasteiger partial charge in [0.05, 0.1) is 0 Å². The number of halogens is 1. The van der Waals surface area contributed by atoms with Crippen LogP contribution in [0.15, 0.2) is 0 Å². The highest BCUT2D eigenvalue weighted by Crippen LogP contribution is 2.09. The van der Waals surface area contributed by atoms with E-state index in [2.05, 4.69) is 51.8 Å². The second-order valence-corrected chi connectivity index (χ2v) is 5.46. The van der Waals surface area contributed by atoms with Crippen LogP contribution in [0.25, 0.3) is 0 Å². The third kappa shape index (κ3) is 10.5. The van der Waals surface area contributed by atoms with E-state index in [1.807, 2.05) is 0 Å². The molecule has 0 heterocycles. The van der Waals surface area contributed by atoms with E-state index in [1.54, 1.807) is 0 Å². The Balaban J connectivity index is 0. The summed E-state index contributed by atoms with van der Waals surface area (Å²) in [4.78, 5) is 2.48. The molecule has 0 aromatic heterocycles. The first-order valence-electron chi connectivity index (χ1n) is 5.81. The van der Waals surface area contributed by atoms with Gasteiger partial charge in [0, 0.05) is 25.7 Å². The Hall–Kier alpha value is 0.210. The molecular formula is C12H29ClN2. The van der Waals surface area contributed by atoms with Gasteiger partial charge >= 0.3 is 0 Å². The number of nitrogens with one attached hydrogen (secondary N) is 1. The molecule has 0 fully saturated rings. The maximum Gasteiger partial charge on any atom is 0.0109 e. The Morgan fingerprint density at radius 3 is 2.07 bits per heavy atom. The predicted octanol–water partition coefficient (Wildman–Crippen LogP) is 2.77. The van der Waals surface area contributed by atoms with Gasteiger partial charge in [0.1, 0.15) is 0 Å². The lowest BCUT2D eigenvalue weighted by atomic mass is 9.97. The van der Waals surface area contributed by atoms with Crippen molar-refractivity contribution in [3.05, 3.63) is 0 Å². The van der Waals surface area contributed by atoms with E-state index in [-0.39, 0.29) is 12.4 Å². The van der Waals surface area contributed by atoms with Crippen LogP contribution in [0.4, 0.5) is 0 Å². The molecule has 0 saturated heterocycles. The zero-order valence-corrected chi connectivity index (χ0v) is 12.1. The number of hydrogen-bond donors (Lipinski definition) is 1. The molecule has 1 N–H and O–H groups in total. The fourth-order valence-corrected chi connectivity index (χ4v) is 1.47. The first-order valence-corrected chi connectivity index (χ1v) is 5.81. The first-order chi connectivity index (χ1) is 6.37. The molecule has 2 nitrogen and oxygen atoms in total. The van der Waals surface area contributed by atoms with Gasteiger partial charge in [-0.05, 0) is 25.8 Å². The molecule has 0 aromatic rings. The Labute approximate surface area is 102 Å². The van der Waals surface area contributed by atoms with Crippen molar-refractivity contribution in [2.75, 3.05) is 26.2 Å². The van der Waals surface area contributed by atoms with Crippen molar-refractivity contribution in [2.45, 2.75) is 47.6 Å². The molecule has 0 aliphatic carbocycles. The summed E-state index contributed by atoms with van der Waals surface area (Å²) in [6.45, 7) is 18.0. The summed E-state index contributed by atoms with van der Waals surface area (Å²) in [6, 6.07) is 0.663. The Kier molecular flexibility index (Phi) is 9.82. The molecule has 0 saturated carbocycles. The summed E-state index contributed by atoms with van der Waals surface area (Å²) in [5.74, 6) is 0. The molecule has 0 rings (SSSR count). The lowest BCUT2D eigenvalue weighted by molar-refractivity contribution is 0.229. The van der Waals surface area contributed by atoms with Gasteiger partial charge in [-0.2, -0.15) is 0 Å². The minimum absolute atomic E-state index is 0. The first kappa shape index (κ1) is 17.6. The van der Waals surface area contributed by atoms with Crippen molar-refractivity contribution in [3.8, 4) is 0 Å². The van der Waals surface area contributed by atoms with E-state index in [1.165, 1.54) is 0 Å². The molecule has 15 heavy (non-hydrogen) atoms. The van der Waals surface area contributed by atoms with E-state index < -0.39 is 0 Å². The highest BCUT2D eigenvalue weighted by Gasteiger charge is 2.10. The topological polar surface area (TPSA) is 15.3 Å². The SMILES string of the molecule is CCN(CCNCC(C)(C)C)C(C)C.Cl. The van der Waals surface area contributed by atoms with Crippen molar-refractivity contribution in [1.29, 1.82) is 0 Å². The van der Waals surface area contributed by atoms with E-state index in [0.29, 0.717) is 11.5 Å². The summed E-state index contributed by atoms with van der Waals surface area (Å²) < 4.78 is 0. The fourth-order valence-electron chi connectivity index (χ4n) is 1.47. The van der Waals surface area contributed by atoms with E-state index in [9.17, 15) is 0 Å². The fraction of sp³-hybridized carbons (Fsp3) is 1.00. The van der Waals surface area contributed by atoms with Gasteiger partial charge < -0.3 is 5.32 Å². The molecule has 3 heteroatoms. The zero-order chi connectivity index (χ0) is 11.2. The van der Waals surface area contributed by atoms with Gasteiger partial charge in [0.25, 0.3) is 0 Å². The van der Waals surface area contributed by atoms with Crippen LogP contribution >= 0.6 is 12.4 Å². The molecule has 0 radical (unpaired) electrons. The largest absolute Gasteiger partial charge is 0.315 e. The normalized spacial score (nSPS) is 12.0. The van der Waals surface area contributed by atoms with Crippen LogP contribution in [0.5, 0.6) is 0 Å². The quantitative estimate of drug-likeness (QED) is 0.714. The number of nitrogens with zero attached hydrogens (tertiary/aromatic N) is 1. The molecule has 0 aliphatic rings. The van der Waals surface area contributed by atoms with Crippen molar-refractivity contribution >= 4 is 12.4 Å². The van der Waals surface area contributed by atoms with Crippen LogP contribution in [-0.4, -0.2) is 37.1 Å². The zero-order valence-electron chi connectivity index (χ0n) is 11.3. The average molecular weight is 237 g/mol. The average Bonchev–Trinajstić information content (AvgIpc) is 2.01. The highest BCUT2D eigenvalue weighted by molar-refractivity contribution is 5.85. The summed E-state index contributed by atoms with van der Waals surface area (Å²) in [7, 11) is 0. The number of hydrogen-bond acceptors (Lipinski definition) is 2. The maximum atomic E-state index is 3.50. The molecule has 0 unspecified atom stereocenters. The molecule has 0 atom stereocenters. The van der Waals surface area contributed by atoms with Gasteiger partial charge in [-0.3, -0.25) is 4.90 Å². The van der Waals surface area contributed by atoms with Crippen molar-refractivity contribution in [2.24, 2.45) is 5.41 Å². The van der Waals surface area contributed by atoms with Crippen molar-refractivity contribution in [1.82, 2.24) is 10.2 Å². The molecule has 0 aliphatic heterocycles. The van der Waals surface area contributed by atoms with Gasteiger partial charge in [-0.25, -0.2) is 0 Å². The second-order valence-electron chi connectivity index (χ2n) is 5.46. The molecule has 0 spiro atoms. The monoisotopic (exact) mass is 236 g/mol. The van der Waals surface area contributed by atoms with Gasteiger partial charge in [0.15, 0.2) is 0 Å². The van der Waals surface area contributed by atoms with E-state index in [4.69, 9.17) is 0 Å². The van der Waals surface area contributed by atoms with Crippen LogP contribution in [0.2, 0.25) is 0 Å². The minimum Gasteiger partial charge on any atom is -0.315 e. The number of rotatable bonds is 6. The Morgan fingerprint density at radius 1 is 1.20 bits per heavy atom. The van der Waals surface area contributed by atoms with Crippen molar-refractivity contribution in [3.63, 3.8) is 0 Å². The Morgan fingerprint density at radius 2 is 1.73 bits per heavy atom. The third-order valence-electron chi connectivity index (χ3n) is 2.37. The van der Waals surface area contributed by atoms with Gasteiger partial charge in [-0.15, -0.1) is 12.4 Å². The van der Waals surface area contributed by atoms with Gasteiger partial charge in [0.2, 0.25) is 0 Å². The smallest absolute Gasteiger partial charge is 0.0109 e. The molecular weight excluding hydrogens is 208 g/mol. The minimum atomic E-state index is 0. The number of likely N-dealkylation sites (N-methyl/N-ethyl adjacent to an activating group) is 1. The van der Waals surface area contributed by atoms with E-state index in [0.717, 1.165) is 26.2 Å². The lowest BCUT2D eigenvalue weighted by Gasteiger charge is -2.26. The summed E-state index contributed by atoms with van der Waals surface area (Å²) in [6.07, 6.45) is 0. The predicted molar refractivity (Wildman–Crippen MR) is 72.0 cm³/mol. The van der Waals surface area contributed by atoms with Crippen LogP contribution in [-0.2, 0) is 0 Å². The highest BCUT2D eigenvalue weighted by atomic mass is 35.5. The Bertz CT molecular complexity index is 141. The molecule has 0 aromatic carbocycles.